The number of rotatable bonds is 8. The number of hydrogen-bond acceptors (Lipinski definition) is 4. The average molecular weight is 278 g/mol. The van der Waals surface area contributed by atoms with Gasteiger partial charge in [-0.05, 0) is 43.0 Å². The molecule has 1 aliphatic rings. The summed E-state index contributed by atoms with van der Waals surface area (Å²) in [5.41, 5.74) is 6.62. The molecule has 4 heteroatoms. The van der Waals surface area contributed by atoms with Gasteiger partial charge in [-0.2, -0.15) is 0 Å². The second-order valence-electron chi connectivity index (χ2n) is 6.01. The van der Waals surface area contributed by atoms with Crippen LogP contribution >= 0.6 is 0 Å². The van der Waals surface area contributed by atoms with Crippen molar-refractivity contribution in [2.75, 3.05) is 26.7 Å². The van der Waals surface area contributed by atoms with E-state index in [2.05, 4.69) is 18.9 Å². The highest BCUT2D eigenvalue weighted by atomic mass is 16.5. The minimum atomic E-state index is -0.455. The lowest BCUT2D eigenvalue weighted by atomic mass is 10.2. The molecular weight excluding hydrogens is 252 g/mol. The highest BCUT2D eigenvalue weighted by Gasteiger charge is 2.33. The number of benzene rings is 1. The van der Waals surface area contributed by atoms with Gasteiger partial charge in [0.15, 0.2) is 0 Å². The molecule has 1 aliphatic carbocycles. The van der Waals surface area contributed by atoms with E-state index in [0.29, 0.717) is 19.7 Å². The molecule has 0 bridgehead atoms. The Labute approximate surface area is 121 Å². The second kappa shape index (κ2) is 7.07. The van der Waals surface area contributed by atoms with Crippen molar-refractivity contribution in [3.05, 3.63) is 29.8 Å². The van der Waals surface area contributed by atoms with E-state index < -0.39 is 6.10 Å². The lowest BCUT2D eigenvalue weighted by Crippen LogP contribution is -2.34. The van der Waals surface area contributed by atoms with Crippen molar-refractivity contribution in [2.24, 2.45) is 17.6 Å². The first-order valence-corrected chi connectivity index (χ1v) is 7.37. The quantitative estimate of drug-likeness (QED) is 0.756. The fraction of sp³-hybridized carbons (Fsp3) is 0.625. The average Bonchev–Trinajstić information content (AvgIpc) is 3.12. The third-order valence-electron chi connectivity index (χ3n) is 3.95. The van der Waals surface area contributed by atoms with Gasteiger partial charge in [0.2, 0.25) is 0 Å². The molecule has 1 fully saturated rings. The number of nitrogens with zero attached hydrogens (tertiary/aromatic N) is 1. The molecule has 0 aliphatic heterocycles. The molecule has 0 heterocycles. The second-order valence-corrected chi connectivity index (χ2v) is 6.01. The summed E-state index contributed by atoms with van der Waals surface area (Å²) in [6, 6.07) is 7.68. The molecule has 1 aromatic carbocycles. The molecule has 0 saturated heterocycles. The number of aliphatic hydroxyl groups excluding tert-OH is 1. The Morgan fingerprint density at radius 1 is 1.40 bits per heavy atom. The minimum Gasteiger partial charge on any atom is -0.491 e. The predicted molar refractivity (Wildman–Crippen MR) is 80.6 cm³/mol. The third kappa shape index (κ3) is 4.78. The molecule has 3 N–H and O–H groups in total. The van der Waals surface area contributed by atoms with Gasteiger partial charge in [0.05, 0.1) is 0 Å². The summed E-state index contributed by atoms with van der Waals surface area (Å²) < 4.78 is 5.59. The Bertz CT molecular complexity index is 407. The summed E-state index contributed by atoms with van der Waals surface area (Å²) in [6.45, 7) is 4.87. The van der Waals surface area contributed by atoms with Crippen LogP contribution in [0.15, 0.2) is 24.3 Å². The highest BCUT2D eigenvalue weighted by molar-refractivity contribution is 5.27. The molecule has 2 rings (SSSR count). The summed E-state index contributed by atoms with van der Waals surface area (Å²) in [6.07, 6.45) is 0.869. The molecule has 0 spiro atoms. The maximum Gasteiger partial charge on any atom is 0.119 e. The zero-order valence-corrected chi connectivity index (χ0v) is 12.5. The zero-order valence-electron chi connectivity index (χ0n) is 12.5. The fourth-order valence-electron chi connectivity index (χ4n) is 2.45. The van der Waals surface area contributed by atoms with Gasteiger partial charge in [-0.15, -0.1) is 0 Å². The van der Waals surface area contributed by atoms with Crippen LogP contribution in [0.4, 0.5) is 0 Å². The van der Waals surface area contributed by atoms with Crippen LogP contribution in [0, 0.1) is 11.8 Å². The van der Waals surface area contributed by atoms with Gasteiger partial charge in [0, 0.05) is 19.6 Å². The van der Waals surface area contributed by atoms with Gasteiger partial charge in [-0.25, -0.2) is 0 Å². The van der Waals surface area contributed by atoms with Crippen LogP contribution in [0.25, 0.3) is 0 Å². The molecule has 0 radical (unpaired) electrons. The molecule has 1 saturated carbocycles. The normalized spacial score (nSPS) is 22.9. The van der Waals surface area contributed by atoms with E-state index >= 15 is 0 Å². The van der Waals surface area contributed by atoms with E-state index in [0.717, 1.165) is 29.7 Å². The molecule has 3 unspecified atom stereocenters. The maximum atomic E-state index is 9.99. The van der Waals surface area contributed by atoms with Crippen LogP contribution in [0.2, 0.25) is 0 Å². The zero-order chi connectivity index (χ0) is 14.5. The number of ether oxygens (including phenoxy) is 1. The number of hydrogen-bond donors (Lipinski definition) is 2. The Balaban J connectivity index is 1.66. The first-order valence-electron chi connectivity index (χ1n) is 7.37. The van der Waals surface area contributed by atoms with Crippen molar-refractivity contribution in [1.29, 1.82) is 0 Å². The van der Waals surface area contributed by atoms with Gasteiger partial charge < -0.3 is 20.5 Å². The Morgan fingerprint density at radius 3 is 2.60 bits per heavy atom. The van der Waals surface area contributed by atoms with Crippen LogP contribution in [-0.4, -0.2) is 42.9 Å². The van der Waals surface area contributed by atoms with Crippen LogP contribution in [0.3, 0.4) is 0 Å². The predicted octanol–water partition coefficient (Wildman–Crippen LogP) is 1.47. The first kappa shape index (κ1) is 15.3. The smallest absolute Gasteiger partial charge is 0.119 e. The summed E-state index contributed by atoms with van der Waals surface area (Å²) >= 11 is 0. The lowest BCUT2D eigenvalue weighted by molar-refractivity contribution is 0.0747. The monoisotopic (exact) mass is 278 g/mol. The Hall–Kier alpha value is -1.10. The Morgan fingerprint density at radius 2 is 2.05 bits per heavy atom. The number of nitrogens with two attached hydrogens (primary N) is 1. The van der Waals surface area contributed by atoms with Crippen molar-refractivity contribution in [1.82, 2.24) is 4.90 Å². The first-order chi connectivity index (χ1) is 9.58. The largest absolute Gasteiger partial charge is 0.491 e. The van der Waals surface area contributed by atoms with E-state index in [1.165, 1.54) is 6.42 Å². The summed E-state index contributed by atoms with van der Waals surface area (Å²) in [5.74, 6) is 2.45. The van der Waals surface area contributed by atoms with Crippen molar-refractivity contribution >= 4 is 0 Å². The van der Waals surface area contributed by atoms with Crippen molar-refractivity contribution in [3.63, 3.8) is 0 Å². The van der Waals surface area contributed by atoms with Crippen molar-refractivity contribution < 1.29 is 9.84 Å². The molecule has 112 valence electrons. The summed E-state index contributed by atoms with van der Waals surface area (Å²) in [4.78, 5) is 2.19. The van der Waals surface area contributed by atoms with Crippen LogP contribution < -0.4 is 10.5 Å². The van der Waals surface area contributed by atoms with Crippen LogP contribution in [-0.2, 0) is 6.54 Å². The van der Waals surface area contributed by atoms with E-state index in [1.807, 2.05) is 24.3 Å². The van der Waals surface area contributed by atoms with E-state index in [1.54, 1.807) is 0 Å². The molecule has 20 heavy (non-hydrogen) atoms. The van der Waals surface area contributed by atoms with Gasteiger partial charge in [0.1, 0.15) is 18.5 Å². The molecular formula is C16H26N2O2. The summed E-state index contributed by atoms with van der Waals surface area (Å²) in [5, 5.41) is 9.99. The SMILES string of the molecule is CC1CC1CN(C)CC(O)COc1ccc(CN)cc1. The van der Waals surface area contributed by atoms with Crippen LogP contribution in [0.1, 0.15) is 18.9 Å². The van der Waals surface area contributed by atoms with Gasteiger partial charge in [-0.3, -0.25) is 0 Å². The molecule has 0 aromatic heterocycles. The third-order valence-corrected chi connectivity index (χ3v) is 3.95. The minimum absolute atomic E-state index is 0.326. The van der Waals surface area contributed by atoms with E-state index in [4.69, 9.17) is 10.5 Å². The molecule has 4 nitrogen and oxygen atoms in total. The van der Waals surface area contributed by atoms with Gasteiger partial charge in [-0.1, -0.05) is 19.1 Å². The lowest BCUT2D eigenvalue weighted by Gasteiger charge is -2.20. The maximum absolute atomic E-state index is 9.99. The fourth-order valence-corrected chi connectivity index (χ4v) is 2.45. The van der Waals surface area contributed by atoms with Crippen molar-refractivity contribution in [2.45, 2.75) is 26.0 Å². The number of aliphatic hydroxyl groups is 1. The van der Waals surface area contributed by atoms with Gasteiger partial charge >= 0.3 is 0 Å². The number of likely N-dealkylation sites (N-methyl/N-ethyl adjacent to an activating group) is 1. The van der Waals surface area contributed by atoms with E-state index in [-0.39, 0.29) is 0 Å². The van der Waals surface area contributed by atoms with E-state index in [9.17, 15) is 5.11 Å². The molecule has 3 atom stereocenters. The Kier molecular flexibility index (Phi) is 5.40. The molecule has 1 aromatic rings. The summed E-state index contributed by atoms with van der Waals surface area (Å²) in [7, 11) is 2.06. The van der Waals surface area contributed by atoms with Crippen molar-refractivity contribution in [3.8, 4) is 5.75 Å². The molecule has 0 amide bonds. The topological polar surface area (TPSA) is 58.7 Å². The van der Waals surface area contributed by atoms with Crippen LogP contribution in [0.5, 0.6) is 5.75 Å². The standard InChI is InChI=1S/C16H26N2O2/c1-12-7-14(12)9-18(2)10-15(19)11-20-16-5-3-13(8-17)4-6-16/h3-6,12,14-15,19H,7-11,17H2,1-2H3. The van der Waals surface area contributed by atoms with Gasteiger partial charge in [0.25, 0.3) is 0 Å². The highest BCUT2D eigenvalue weighted by Crippen LogP contribution is 2.37.